The molecule has 0 spiro atoms. The second-order valence-corrected chi connectivity index (χ2v) is 7.87. The number of amides is 2. The Balaban J connectivity index is 1.37. The van der Waals surface area contributed by atoms with Crippen LogP contribution in [0.3, 0.4) is 0 Å². The van der Waals surface area contributed by atoms with Gasteiger partial charge in [-0.25, -0.2) is 9.78 Å². The molecule has 1 aliphatic carbocycles. The summed E-state index contributed by atoms with van der Waals surface area (Å²) in [6, 6.07) is 0.193. The lowest BCUT2D eigenvalue weighted by Gasteiger charge is -2.30. The van der Waals surface area contributed by atoms with Crippen LogP contribution < -0.4 is 10.6 Å². The second kappa shape index (κ2) is 7.62. The van der Waals surface area contributed by atoms with Gasteiger partial charge in [-0.05, 0) is 44.9 Å². The van der Waals surface area contributed by atoms with Crippen molar-refractivity contribution < 1.29 is 9.53 Å². The fourth-order valence-corrected chi connectivity index (χ4v) is 4.22. The Morgan fingerprint density at radius 1 is 1.39 bits per heavy atom. The van der Waals surface area contributed by atoms with E-state index in [-0.39, 0.29) is 12.1 Å². The van der Waals surface area contributed by atoms with Gasteiger partial charge in [-0.1, -0.05) is 6.92 Å². The van der Waals surface area contributed by atoms with Crippen molar-refractivity contribution >= 4 is 17.4 Å². The van der Waals surface area contributed by atoms with Crippen LogP contribution >= 0.6 is 11.3 Å². The first-order chi connectivity index (χ1) is 11.2. The summed E-state index contributed by atoms with van der Waals surface area (Å²) in [4.78, 5) is 17.9. The average molecular weight is 337 g/mol. The third kappa shape index (κ3) is 4.67. The van der Waals surface area contributed by atoms with Crippen molar-refractivity contribution in [3.8, 4) is 0 Å². The Hall–Kier alpha value is -1.14. The molecule has 5 nitrogen and oxygen atoms in total. The van der Waals surface area contributed by atoms with Gasteiger partial charge in [-0.2, -0.15) is 0 Å². The summed E-state index contributed by atoms with van der Waals surface area (Å²) in [6.45, 7) is 5.64. The minimum absolute atomic E-state index is 0.0598. The van der Waals surface area contributed by atoms with Crippen LogP contribution in [-0.2, 0) is 17.6 Å². The van der Waals surface area contributed by atoms with Crippen LogP contribution in [0.4, 0.5) is 4.79 Å². The van der Waals surface area contributed by atoms with Gasteiger partial charge >= 0.3 is 6.03 Å². The molecule has 23 heavy (non-hydrogen) atoms. The van der Waals surface area contributed by atoms with E-state index in [1.165, 1.54) is 23.4 Å². The molecule has 0 bridgehead atoms. The van der Waals surface area contributed by atoms with E-state index in [9.17, 15) is 4.79 Å². The maximum Gasteiger partial charge on any atom is 0.315 e. The number of hydrogen-bond acceptors (Lipinski definition) is 4. The Morgan fingerprint density at radius 3 is 2.91 bits per heavy atom. The van der Waals surface area contributed by atoms with Gasteiger partial charge in [0.25, 0.3) is 0 Å². The largest absolute Gasteiger partial charge is 0.378 e. The fourth-order valence-electron chi connectivity index (χ4n) is 3.20. The number of hydrogen-bond donors (Lipinski definition) is 2. The molecule has 2 heterocycles. The fraction of sp³-hybridized carbons (Fsp3) is 0.765. The SMILES string of the molecule is CCc1nc(CCNC(=O)N[C@H]2CCO[C@@H](C3CC3)C2)sc1C. The minimum atomic E-state index is -0.0598. The first-order valence-electron chi connectivity index (χ1n) is 8.76. The van der Waals surface area contributed by atoms with Gasteiger partial charge in [0, 0.05) is 30.5 Å². The normalized spacial score (nSPS) is 24.4. The highest BCUT2D eigenvalue weighted by molar-refractivity contribution is 7.11. The Kier molecular flexibility index (Phi) is 5.54. The van der Waals surface area contributed by atoms with E-state index in [0.717, 1.165) is 43.2 Å². The zero-order valence-corrected chi connectivity index (χ0v) is 14.9. The van der Waals surface area contributed by atoms with Crippen molar-refractivity contribution in [3.05, 3.63) is 15.6 Å². The van der Waals surface area contributed by atoms with Crippen molar-refractivity contribution in [2.45, 2.75) is 64.5 Å². The quantitative estimate of drug-likeness (QED) is 0.839. The summed E-state index contributed by atoms with van der Waals surface area (Å²) in [5, 5.41) is 7.17. The maximum absolute atomic E-state index is 12.0. The molecular weight excluding hydrogens is 310 g/mol. The van der Waals surface area contributed by atoms with Crippen molar-refractivity contribution in [3.63, 3.8) is 0 Å². The second-order valence-electron chi connectivity index (χ2n) is 6.58. The third-order valence-corrected chi connectivity index (χ3v) is 5.77. The molecule has 128 valence electrons. The highest BCUT2D eigenvalue weighted by atomic mass is 32.1. The van der Waals surface area contributed by atoms with Crippen LogP contribution in [0.15, 0.2) is 0 Å². The van der Waals surface area contributed by atoms with Crippen molar-refractivity contribution in [2.24, 2.45) is 5.92 Å². The highest BCUT2D eigenvalue weighted by Crippen LogP contribution is 2.38. The van der Waals surface area contributed by atoms with Crippen LogP contribution in [0.2, 0.25) is 0 Å². The smallest absolute Gasteiger partial charge is 0.315 e. The predicted molar refractivity (Wildman–Crippen MR) is 92.0 cm³/mol. The summed E-state index contributed by atoms with van der Waals surface area (Å²) >= 11 is 1.74. The van der Waals surface area contributed by atoms with Gasteiger partial charge < -0.3 is 15.4 Å². The van der Waals surface area contributed by atoms with Gasteiger partial charge in [0.2, 0.25) is 0 Å². The lowest BCUT2D eigenvalue weighted by Crippen LogP contribution is -2.47. The molecular formula is C17H27N3O2S. The zero-order chi connectivity index (χ0) is 16.2. The number of rotatable bonds is 6. The number of aromatic nitrogens is 1. The van der Waals surface area contributed by atoms with E-state index < -0.39 is 0 Å². The summed E-state index contributed by atoms with van der Waals surface area (Å²) in [5.41, 5.74) is 1.18. The van der Waals surface area contributed by atoms with Crippen LogP contribution in [0.5, 0.6) is 0 Å². The molecule has 1 saturated heterocycles. The number of thiazole rings is 1. The van der Waals surface area contributed by atoms with Gasteiger partial charge in [0.15, 0.2) is 0 Å². The van der Waals surface area contributed by atoms with E-state index in [2.05, 4.69) is 29.5 Å². The molecule has 2 N–H and O–H groups in total. The van der Waals surface area contributed by atoms with Crippen LogP contribution in [-0.4, -0.2) is 36.3 Å². The number of nitrogens with one attached hydrogen (secondary N) is 2. The molecule has 1 aromatic heterocycles. The van der Waals surface area contributed by atoms with Crippen molar-refractivity contribution in [2.75, 3.05) is 13.2 Å². The number of nitrogens with zero attached hydrogens (tertiary/aromatic N) is 1. The zero-order valence-electron chi connectivity index (χ0n) is 14.1. The number of aryl methyl sites for hydroxylation is 2. The van der Waals surface area contributed by atoms with Crippen molar-refractivity contribution in [1.29, 1.82) is 0 Å². The molecule has 2 fully saturated rings. The average Bonchev–Trinajstić information content (AvgIpc) is 3.32. The van der Waals surface area contributed by atoms with Crippen LogP contribution in [0, 0.1) is 12.8 Å². The lowest BCUT2D eigenvalue weighted by molar-refractivity contribution is -0.00913. The maximum atomic E-state index is 12.0. The van der Waals surface area contributed by atoms with Crippen LogP contribution in [0.1, 0.15) is 48.2 Å². The third-order valence-electron chi connectivity index (χ3n) is 4.69. The van der Waals surface area contributed by atoms with E-state index in [1.807, 2.05) is 0 Å². The highest BCUT2D eigenvalue weighted by Gasteiger charge is 2.36. The molecule has 2 aliphatic rings. The molecule has 2 atom stereocenters. The van der Waals surface area contributed by atoms with Gasteiger partial charge in [0.1, 0.15) is 0 Å². The first kappa shape index (κ1) is 16.7. The Morgan fingerprint density at radius 2 is 2.22 bits per heavy atom. The minimum Gasteiger partial charge on any atom is -0.378 e. The molecule has 2 amide bonds. The summed E-state index contributed by atoms with van der Waals surface area (Å²) < 4.78 is 5.80. The van der Waals surface area contributed by atoms with Crippen LogP contribution in [0.25, 0.3) is 0 Å². The summed E-state index contributed by atoms with van der Waals surface area (Å²) in [7, 11) is 0. The van der Waals surface area contributed by atoms with Crippen molar-refractivity contribution in [1.82, 2.24) is 15.6 Å². The number of urea groups is 1. The first-order valence-corrected chi connectivity index (χ1v) is 9.58. The molecule has 1 aliphatic heterocycles. The predicted octanol–water partition coefficient (Wildman–Crippen LogP) is 2.81. The summed E-state index contributed by atoms with van der Waals surface area (Å²) in [6.07, 6.45) is 6.60. The van der Waals surface area contributed by atoms with E-state index in [1.54, 1.807) is 11.3 Å². The number of carbonyl (C=O) groups excluding carboxylic acids is 1. The monoisotopic (exact) mass is 337 g/mol. The molecule has 0 aromatic carbocycles. The van der Waals surface area contributed by atoms with E-state index in [4.69, 9.17) is 4.74 Å². The topological polar surface area (TPSA) is 63.2 Å². The molecule has 3 rings (SSSR count). The van der Waals surface area contributed by atoms with Gasteiger partial charge in [0.05, 0.1) is 16.8 Å². The molecule has 1 aromatic rings. The molecule has 1 saturated carbocycles. The van der Waals surface area contributed by atoms with E-state index >= 15 is 0 Å². The molecule has 0 unspecified atom stereocenters. The van der Waals surface area contributed by atoms with Gasteiger partial charge in [-0.3, -0.25) is 0 Å². The molecule has 0 radical (unpaired) electrons. The Bertz CT molecular complexity index is 542. The summed E-state index contributed by atoms with van der Waals surface area (Å²) in [5.74, 6) is 0.739. The Labute approximate surface area is 142 Å². The van der Waals surface area contributed by atoms with E-state index in [0.29, 0.717) is 12.6 Å². The van der Waals surface area contributed by atoms with Gasteiger partial charge in [-0.15, -0.1) is 11.3 Å². The number of carbonyl (C=O) groups is 1. The lowest BCUT2D eigenvalue weighted by atomic mass is 10.0. The standard InChI is InChI=1S/C17H27N3O2S/c1-3-14-11(2)23-16(20-14)6-8-18-17(21)19-13-7-9-22-15(10-13)12-4-5-12/h12-13,15H,3-10H2,1-2H3,(H2,18,19,21)/t13-,15+/m0/s1. The number of ether oxygens (including phenoxy) is 1. The molecule has 6 heteroatoms.